The normalized spacial score (nSPS) is 17.9. The van der Waals surface area contributed by atoms with Crippen LogP contribution < -0.4 is 10.6 Å². The van der Waals surface area contributed by atoms with Crippen LogP contribution >= 0.6 is 11.3 Å². The van der Waals surface area contributed by atoms with Crippen molar-refractivity contribution in [2.75, 3.05) is 4.90 Å². The van der Waals surface area contributed by atoms with Crippen LogP contribution in [0.3, 0.4) is 0 Å². The zero-order chi connectivity index (χ0) is 22.4. The van der Waals surface area contributed by atoms with E-state index < -0.39 is 23.5 Å². The van der Waals surface area contributed by atoms with Crippen LogP contribution in [0.25, 0.3) is 16.0 Å². The van der Waals surface area contributed by atoms with Crippen molar-refractivity contribution in [2.45, 2.75) is 6.04 Å². The molecule has 1 amide bonds. The highest BCUT2D eigenvalue weighted by molar-refractivity contribution is 7.22. The number of fused-ring (bicyclic) bond motifs is 1. The maximum Gasteiger partial charge on any atom is 0.301 e. The summed E-state index contributed by atoms with van der Waals surface area (Å²) in [4.78, 5) is 32.0. The molecule has 0 aliphatic carbocycles. The van der Waals surface area contributed by atoms with E-state index in [0.29, 0.717) is 27.0 Å². The molecular formula is C24H17FN3O3S+. The first-order valence-electron chi connectivity index (χ1n) is 9.78. The van der Waals surface area contributed by atoms with Crippen molar-refractivity contribution in [1.29, 1.82) is 0 Å². The molecule has 0 saturated carbocycles. The van der Waals surface area contributed by atoms with Gasteiger partial charge in [-0.05, 0) is 29.8 Å². The second-order valence-corrected chi connectivity index (χ2v) is 8.40. The molecule has 1 aromatic heterocycles. The highest BCUT2D eigenvalue weighted by Crippen LogP contribution is 2.44. The van der Waals surface area contributed by atoms with Gasteiger partial charge in [0.05, 0.1) is 21.8 Å². The lowest BCUT2D eigenvalue weighted by atomic mass is 9.95. The average molecular weight is 446 g/mol. The smallest absolute Gasteiger partial charge is 0.301 e. The molecule has 8 heteroatoms. The Balaban J connectivity index is 1.75. The Hall–Kier alpha value is -3.88. The summed E-state index contributed by atoms with van der Waals surface area (Å²) in [6.45, 7) is 0. The van der Waals surface area contributed by atoms with E-state index in [0.717, 1.165) is 11.3 Å². The van der Waals surface area contributed by atoms with Gasteiger partial charge in [-0.2, -0.15) is 0 Å². The molecule has 1 fully saturated rings. The minimum atomic E-state index is -0.901. The summed E-state index contributed by atoms with van der Waals surface area (Å²) in [6, 6.07) is 18.9. The first-order chi connectivity index (χ1) is 15.4. The summed E-state index contributed by atoms with van der Waals surface area (Å²) in [7, 11) is 0. The van der Waals surface area contributed by atoms with Crippen molar-refractivity contribution in [3.8, 4) is 0 Å². The van der Waals surface area contributed by atoms with E-state index in [-0.39, 0.29) is 16.5 Å². The lowest BCUT2D eigenvalue weighted by Crippen LogP contribution is -2.40. The van der Waals surface area contributed by atoms with Crippen LogP contribution in [0.5, 0.6) is 0 Å². The number of carbonyl (C=O) groups excluding carboxylic acids is 2. The number of ketones is 1. The van der Waals surface area contributed by atoms with E-state index in [2.05, 4.69) is 10.7 Å². The number of rotatable bonds is 3. The minimum Gasteiger partial charge on any atom is -0.507 e. The van der Waals surface area contributed by atoms with Crippen LogP contribution in [0.1, 0.15) is 17.2 Å². The summed E-state index contributed by atoms with van der Waals surface area (Å²) in [5.74, 6) is -2.30. The molecular weight excluding hydrogens is 429 g/mol. The van der Waals surface area contributed by atoms with Crippen molar-refractivity contribution in [1.82, 2.24) is 4.98 Å². The zero-order valence-corrected chi connectivity index (χ0v) is 17.5. The third-order valence-corrected chi connectivity index (χ3v) is 6.32. The fraction of sp³-hybridized carbons (Fsp3) is 0.0417. The van der Waals surface area contributed by atoms with E-state index in [1.807, 2.05) is 0 Å². The predicted octanol–water partition coefficient (Wildman–Crippen LogP) is 3.94. The molecule has 5 rings (SSSR count). The van der Waals surface area contributed by atoms with Gasteiger partial charge in [-0.15, -0.1) is 0 Å². The van der Waals surface area contributed by atoms with E-state index in [1.54, 1.807) is 54.6 Å². The summed E-state index contributed by atoms with van der Waals surface area (Å²) in [5, 5.41) is 11.3. The number of aliphatic hydroxyl groups excluding tert-OH is 1. The number of amides is 1. The molecule has 2 heterocycles. The number of thiazole rings is 1. The molecule has 4 N–H and O–H groups in total. The number of nitrogens with zero attached hydrogens (tertiary/aromatic N) is 2. The van der Waals surface area contributed by atoms with Crippen LogP contribution in [0.15, 0.2) is 78.4 Å². The van der Waals surface area contributed by atoms with Gasteiger partial charge in [-0.3, -0.25) is 14.5 Å². The van der Waals surface area contributed by atoms with Gasteiger partial charge in [-0.1, -0.05) is 53.8 Å². The molecule has 0 bridgehead atoms. The predicted molar refractivity (Wildman–Crippen MR) is 120 cm³/mol. The minimum absolute atomic E-state index is 0.0303. The number of Topliss-reactive ketones (excluding diaryl/α,β-unsaturated/α-hetero) is 1. The van der Waals surface area contributed by atoms with Crippen LogP contribution in [-0.4, -0.2) is 21.8 Å². The van der Waals surface area contributed by atoms with Crippen molar-refractivity contribution < 1.29 is 24.8 Å². The first-order valence-corrected chi connectivity index (χ1v) is 10.6. The van der Waals surface area contributed by atoms with Gasteiger partial charge in [0, 0.05) is 11.6 Å². The van der Waals surface area contributed by atoms with Gasteiger partial charge in [0.1, 0.15) is 17.3 Å². The summed E-state index contributed by atoms with van der Waals surface area (Å²) >= 11 is 1.11. The van der Waals surface area contributed by atoms with E-state index in [4.69, 9.17) is 0 Å². The quantitative estimate of drug-likeness (QED) is 0.283. The lowest BCUT2D eigenvalue weighted by molar-refractivity contribution is -0.254. The van der Waals surface area contributed by atoms with Gasteiger partial charge in [0.15, 0.2) is 5.13 Å². The number of hydrogen-bond acceptors (Lipinski definition) is 5. The lowest BCUT2D eigenvalue weighted by Gasteiger charge is -2.22. The molecule has 1 unspecified atom stereocenters. The molecule has 4 aromatic rings. The fourth-order valence-electron chi connectivity index (χ4n) is 3.85. The molecule has 1 aliphatic heterocycles. The molecule has 6 nitrogen and oxygen atoms in total. The Kier molecular flexibility index (Phi) is 4.80. The fourth-order valence-corrected chi connectivity index (χ4v) is 4.87. The van der Waals surface area contributed by atoms with Crippen molar-refractivity contribution >= 4 is 49.8 Å². The average Bonchev–Trinajstić information content (AvgIpc) is 3.32. The molecule has 32 heavy (non-hydrogen) atoms. The number of halogens is 1. The Morgan fingerprint density at radius 2 is 1.81 bits per heavy atom. The zero-order valence-electron chi connectivity index (χ0n) is 16.7. The monoisotopic (exact) mass is 446 g/mol. The van der Waals surface area contributed by atoms with Gasteiger partial charge in [0.25, 0.3) is 5.78 Å². The summed E-state index contributed by atoms with van der Waals surface area (Å²) < 4.78 is 14.3. The Bertz CT molecular complexity index is 1410. The highest BCUT2D eigenvalue weighted by atomic mass is 32.1. The number of aromatic nitrogens is 1. The molecule has 158 valence electrons. The Morgan fingerprint density at radius 3 is 2.56 bits per heavy atom. The number of benzene rings is 3. The van der Waals surface area contributed by atoms with E-state index in [9.17, 15) is 19.1 Å². The van der Waals surface area contributed by atoms with Crippen LogP contribution in [0.4, 0.5) is 15.2 Å². The molecule has 0 spiro atoms. The maximum atomic E-state index is 13.7. The number of anilines is 1. The maximum absolute atomic E-state index is 13.7. The molecule has 1 atom stereocenters. The number of quaternary nitrogens is 1. The van der Waals surface area contributed by atoms with E-state index in [1.165, 1.54) is 23.1 Å². The van der Waals surface area contributed by atoms with Gasteiger partial charge >= 0.3 is 5.91 Å². The summed E-state index contributed by atoms with van der Waals surface area (Å²) in [6.07, 6.45) is 0. The number of carbonyl (C=O) groups is 2. The Morgan fingerprint density at radius 1 is 1.03 bits per heavy atom. The van der Waals surface area contributed by atoms with Gasteiger partial charge in [-0.25, -0.2) is 9.37 Å². The number of hydrogen-bond donors (Lipinski definition) is 2. The SMILES string of the molecule is [NH3+]c1cccc(C2/C(=C(\O)c3ccccc3)C(=O)C(=O)N2c2nc3ccc(F)cc3s2)c1. The van der Waals surface area contributed by atoms with Crippen molar-refractivity contribution in [3.63, 3.8) is 0 Å². The van der Waals surface area contributed by atoms with Crippen LogP contribution in [-0.2, 0) is 9.59 Å². The second-order valence-electron chi connectivity index (χ2n) is 7.39. The van der Waals surface area contributed by atoms with Gasteiger partial charge in [0.2, 0.25) is 0 Å². The van der Waals surface area contributed by atoms with E-state index >= 15 is 0 Å². The standard InChI is InChI=1S/C24H16FN3O3S/c25-15-9-10-17-18(12-15)32-24(27-17)28-20(14-7-4-8-16(26)11-14)19(22(30)23(28)31)21(29)13-5-2-1-3-6-13/h1-12,20,29H,26H2/p+1/b21-19+. The molecule has 0 radical (unpaired) electrons. The second kappa shape index (κ2) is 7.67. The Labute approximate surface area is 186 Å². The third-order valence-electron chi connectivity index (χ3n) is 5.30. The highest BCUT2D eigenvalue weighted by Gasteiger charge is 2.48. The largest absolute Gasteiger partial charge is 0.507 e. The number of aliphatic hydroxyl groups is 1. The first kappa shape index (κ1) is 20.0. The van der Waals surface area contributed by atoms with Gasteiger partial charge < -0.3 is 10.8 Å². The molecule has 1 saturated heterocycles. The molecule has 1 aliphatic rings. The van der Waals surface area contributed by atoms with Crippen LogP contribution in [0, 0.1) is 5.82 Å². The summed E-state index contributed by atoms with van der Waals surface area (Å²) in [5.41, 5.74) is 6.15. The van der Waals surface area contributed by atoms with Crippen molar-refractivity contribution in [3.05, 3.63) is 95.3 Å². The molecule has 3 aromatic carbocycles. The third kappa shape index (κ3) is 3.26. The van der Waals surface area contributed by atoms with Crippen molar-refractivity contribution in [2.24, 2.45) is 0 Å². The van der Waals surface area contributed by atoms with Crippen LogP contribution in [0.2, 0.25) is 0 Å². The topological polar surface area (TPSA) is 98.1 Å².